The summed E-state index contributed by atoms with van der Waals surface area (Å²) in [6, 6.07) is 2.85. The number of nitrogens with zero attached hydrogens (tertiary/aromatic N) is 2. The summed E-state index contributed by atoms with van der Waals surface area (Å²) in [6.45, 7) is 1.08. The first-order chi connectivity index (χ1) is 7.36. The third-order valence-corrected chi connectivity index (χ3v) is 4.01. The van der Waals surface area contributed by atoms with Crippen molar-refractivity contribution < 1.29 is 0 Å². The van der Waals surface area contributed by atoms with E-state index in [1.54, 1.807) is 0 Å². The van der Waals surface area contributed by atoms with Gasteiger partial charge in [0.15, 0.2) is 0 Å². The fraction of sp³-hybridized carbons (Fsp3) is 0.727. The molecular weight excluding hydrogens is 206 g/mol. The van der Waals surface area contributed by atoms with Gasteiger partial charge in [0.25, 0.3) is 0 Å². The molecule has 0 radical (unpaired) electrons. The zero-order valence-corrected chi connectivity index (χ0v) is 10.1. The maximum Gasteiger partial charge on any atom is 0.0492 e. The van der Waals surface area contributed by atoms with Crippen molar-refractivity contribution in [3.63, 3.8) is 0 Å². The Morgan fingerprint density at radius 1 is 1.53 bits per heavy atom. The molecule has 1 aliphatic rings. The lowest BCUT2D eigenvalue weighted by atomic mass is 10.1. The van der Waals surface area contributed by atoms with Crippen LogP contribution < -0.4 is 5.32 Å². The monoisotopic (exact) mass is 225 g/mol. The first kappa shape index (κ1) is 11.0. The second kappa shape index (κ2) is 5.56. The molecule has 1 N–H and O–H groups in total. The Labute approximate surface area is 95.6 Å². The fourth-order valence-electron chi connectivity index (χ4n) is 1.95. The van der Waals surface area contributed by atoms with E-state index in [0.717, 1.165) is 19.0 Å². The first-order valence-electron chi connectivity index (χ1n) is 5.64. The van der Waals surface area contributed by atoms with Crippen molar-refractivity contribution in [2.75, 3.05) is 18.1 Å². The molecule has 1 aliphatic heterocycles. The Kier molecular flexibility index (Phi) is 4.09. The Bertz CT molecular complexity index is 292. The van der Waals surface area contributed by atoms with E-state index in [1.165, 1.54) is 30.0 Å². The number of aromatic nitrogens is 2. The maximum atomic E-state index is 4.17. The van der Waals surface area contributed by atoms with Gasteiger partial charge in [-0.3, -0.25) is 4.68 Å². The summed E-state index contributed by atoms with van der Waals surface area (Å²) >= 11 is 2.08. The minimum absolute atomic E-state index is 0.750. The van der Waals surface area contributed by atoms with Crippen molar-refractivity contribution in [1.82, 2.24) is 15.1 Å². The SMILES string of the molecule is Cn1nccc1CCNC1CCSCC1. The molecular formula is C11H19N3S. The van der Waals surface area contributed by atoms with Crippen LogP contribution >= 0.6 is 11.8 Å². The van der Waals surface area contributed by atoms with Gasteiger partial charge >= 0.3 is 0 Å². The zero-order chi connectivity index (χ0) is 10.5. The highest BCUT2D eigenvalue weighted by atomic mass is 32.2. The van der Waals surface area contributed by atoms with Crippen LogP contribution in [0.3, 0.4) is 0 Å². The van der Waals surface area contributed by atoms with Crippen LogP contribution in [0.2, 0.25) is 0 Å². The topological polar surface area (TPSA) is 29.9 Å². The molecule has 0 spiro atoms. The van der Waals surface area contributed by atoms with Crippen LogP contribution in [-0.2, 0) is 13.5 Å². The van der Waals surface area contributed by atoms with Gasteiger partial charge in [0.1, 0.15) is 0 Å². The third-order valence-electron chi connectivity index (χ3n) is 2.96. The highest BCUT2D eigenvalue weighted by molar-refractivity contribution is 7.99. The maximum absolute atomic E-state index is 4.17. The quantitative estimate of drug-likeness (QED) is 0.841. The molecule has 0 bridgehead atoms. The van der Waals surface area contributed by atoms with Crippen LogP contribution in [0.25, 0.3) is 0 Å². The average molecular weight is 225 g/mol. The van der Waals surface area contributed by atoms with Crippen molar-refractivity contribution in [1.29, 1.82) is 0 Å². The van der Waals surface area contributed by atoms with Crippen LogP contribution in [0.15, 0.2) is 12.3 Å². The molecule has 3 nitrogen and oxygen atoms in total. The van der Waals surface area contributed by atoms with Crippen LogP contribution in [-0.4, -0.2) is 33.9 Å². The minimum Gasteiger partial charge on any atom is -0.314 e. The summed E-state index contributed by atoms with van der Waals surface area (Å²) in [5.74, 6) is 2.65. The van der Waals surface area contributed by atoms with Crippen LogP contribution in [0.1, 0.15) is 18.5 Å². The summed E-state index contributed by atoms with van der Waals surface area (Å²) in [4.78, 5) is 0. The molecule has 15 heavy (non-hydrogen) atoms. The smallest absolute Gasteiger partial charge is 0.0492 e. The number of aryl methyl sites for hydroxylation is 1. The highest BCUT2D eigenvalue weighted by Gasteiger charge is 2.12. The van der Waals surface area contributed by atoms with Gasteiger partial charge in [0.2, 0.25) is 0 Å². The van der Waals surface area contributed by atoms with Crippen molar-refractivity contribution >= 4 is 11.8 Å². The molecule has 1 saturated heterocycles. The molecule has 0 atom stereocenters. The summed E-state index contributed by atoms with van der Waals surface area (Å²) in [5.41, 5.74) is 1.31. The van der Waals surface area contributed by atoms with Crippen LogP contribution in [0.5, 0.6) is 0 Å². The van der Waals surface area contributed by atoms with Gasteiger partial charge in [-0.25, -0.2) is 0 Å². The standard InChI is InChI=1S/C11H19N3S/c1-14-11(3-7-13-14)2-6-12-10-4-8-15-9-5-10/h3,7,10,12H,2,4-6,8-9H2,1H3. The molecule has 0 aliphatic carbocycles. The van der Waals surface area contributed by atoms with E-state index >= 15 is 0 Å². The largest absolute Gasteiger partial charge is 0.314 e. The Hall–Kier alpha value is -0.480. The van der Waals surface area contributed by atoms with Gasteiger partial charge in [0.05, 0.1) is 0 Å². The molecule has 0 saturated carbocycles. The van der Waals surface area contributed by atoms with Crippen molar-refractivity contribution in [3.05, 3.63) is 18.0 Å². The molecule has 1 aromatic rings. The lowest BCUT2D eigenvalue weighted by Gasteiger charge is -2.22. The van der Waals surface area contributed by atoms with Gasteiger partial charge in [-0.15, -0.1) is 0 Å². The van der Waals surface area contributed by atoms with Gasteiger partial charge in [-0.1, -0.05) is 0 Å². The second-order valence-electron chi connectivity index (χ2n) is 4.04. The molecule has 1 fully saturated rings. The molecule has 2 rings (SSSR count). The second-order valence-corrected chi connectivity index (χ2v) is 5.26. The Morgan fingerprint density at radius 2 is 2.33 bits per heavy atom. The molecule has 0 unspecified atom stereocenters. The highest BCUT2D eigenvalue weighted by Crippen LogP contribution is 2.16. The van der Waals surface area contributed by atoms with Gasteiger partial charge in [-0.2, -0.15) is 16.9 Å². The summed E-state index contributed by atoms with van der Waals surface area (Å²) < 4.78 is 1.96. The summed E-state index contributed by atoms with van der Waals surface area (Å²) in [7, 11) is 2.01. The molecule has 84 valence electrons. The fourth-order valence-corrected chi connectivity index (χ4v) is 3.06. The van der Waals surface area contributed by atoms with Crippen LogP contribution in [0.4, 0.5) is 0 Å². The number of hydrogen-bond acceptors (Lipinski definition) is 3. The average Bonchev–Trinajstić information content (AvgIpc) is 2.66. The van der Waals surface area contributed by atoms with E-state index in [9.17, 15) is 0 Å². The lowest BCUT2D eigenvalue weighted by Crippen LogP contribution is -2.34. The van der Waals surface area contributed by atoms with Crippen molar-refractivity contribution in [2.45, 2.75) is 25.3 Å². The van der Waals surface area contributed by atoms with Gasteiger partial charge in [0, 0.05) is 37.9 Å². The van der Waals surface area contributed by atoms with Crippen LogP contribution in [0, 0.1) is 0 Å². The molecule has 2 heterocycles. The molecule has 1 aromatic heterocycles. The molecule has 4 heteroatoms. The van der Waals surface area contributed by atoms with Gasteiger partial charge < -0.3 is 5.32 Å². The predicted molar refractivity (Wildman–Crippen MR) is 65.3 cm³/mol. The molecule has 0 aromatic carbocycles. The zero-order valence-electron chi connectivity index (χ0n) is 9.28. The summed E-state index contributed by atoms with van der Waals surface area (Å²) in [6.07, 6.45) is 5.61. The first-order valence-corrected chi connectivity index (χ1v) is 6.80. The number of hydrogen-bond donors (Lipinski definition) is 1. The van der Waals surface area contributed by atoms with E-state index in [-0.39, 0.29) is 0 Å². The minimum atomic E-state index is 0.750. The Balaban J connectivity index is 1.68. The lowest BCUT2D eigenvalue weighted by molar-refractivity contribution is 0.482. The number of rotatable bonds is 4. The third kappa shape index (κ3) is 3.24. The number of nitrogens with one attached hydrogen (secondary N) is 1. The number of thioether (sulfide) groups is 1. The Morgan fingerprint density at radius 3 is 3.00 bits per heavy atom. The van der Waals surface area contributed by atoms with Crippen molar-refractivity contribution in [3.8, 4) is 0 Å². The summed E-state index contributed by atoms with van der Waals surface area (Å²) in [5, 5.41) is 7.80. The molecule has 0 amide bonds. The van der Waals surface area contributed by atoms with E-state index in [4.69, 9.17) is 0 Å². The van der Waals surface area contributed by atoms with E-state index in [1.807, 2.05) is 17.9 Å². The van der Waals surface area contributed by atoms with E-state index in [2.05, 4.69) is 28.2 Å². The van der Waals surface area contributed by atoms with E-state index in [0.29, 0.717) is 0 Å². The normalized spacial score (nSPS) is 18.2. The van der Waals surface area contributed by atoms with E-state index < -0.39 is 0 Å². The van der Waals surface area contributed by atoms with Gasteiger partial charge in [-0.05, 0) is 30.4 Å². The predicted octanol–water partition coefficient (Wildman–Crippen LogP) is 1.45. The van der Waals surface area contributed by atoms with Crippen molar-refractivity contribution in [2.24, 2.45) is 7.05 Å².